The molecule has 1 aromatic rings. The van der Waals surface area contributed by atoms with Gasteiger partial charge in [-0.05, 0) is 6.92 Å². The third kappa shape index (κ3) is 1.79. The summed E-state index contributed by atoms with van der Waals surface area (Å²) in [5.74, 6) is 5.16. The van der Waals surface area contributed by atoms with E-state index in [9.17, 15) is 5.11 Å². The molecule has 1 atom stereocenters. The predicted molar refractivity (Wildman–Crippen MR) is 39.4 cm³/mol. The topological polar surface area (TPSA) is 50.9 Å². The molecular formula is C7H9N3O. The molecule has 0 aliphatic heterocycles. The molecule has 58 valence electrons. The number of aromatic nitrogens is 3. The maximum absolute atomic E-state index is 9.24. The summed E-state index contributed by atoms with van der Waals surface area (Å²) in [5, 5.41) is 16.6. The first-order valence-corrected chi connectivity index (χ1v) is 3.20. The summed E-state index contributed by atoms with van der Waals surface area (Å²) in [6, 6.07) is 0. The van der Waals surface area contributed by atoms with Crippen LogP contribution in [0.5, 0.6) is 0 Å². The van der Waals surface area contributed by atoms with Crippen LogP contribution >= 0.6 is 0 Å². The minimum atomic E-state index is -0.811. The third-order valence-corrected chi connectivity index (χ3v) is 1.18. The van der Waals surface area contributed by atoms with Crippen molar-refractivity contribution in [2.75, 3.05) is 0 Å². The van der Waals surface area contributed by atoms with E-state index >= 15 is 0 Å². The molecule has 0 saturated heterocycles. The number of rotatable bonds is 1. The molecular weight excluding hydrogens is 142 g/mol. The molecule has 0 radical (unpaired) electrons. The highest BCUT2D eigenvalue weighted by molar-refractivity contribution is 5.13. The van der Waals surface area contributed by atoms with Crippen molar-refractivity contribution in [1.82, 2.24) is 15.0 Å². The monoisotopic (exact) mass is 151 g/mol. The molecule has 1 unspecified atom stereocenters. The van der Waals surface area contributed by atoms with E-state index < -0.39 is 6.10 Å². The Morgan fingerprint density at radius 2 is 2.45 bits per heavy atom. The van der Waals surface area contributed by atoms with Crippen LogP contribution in [-0.4, -0.2) is 20.1 Å². The molecule has 1 N–H and O–H groups in total. The van der Waals surface area contributed by atoms with Gasteiger partial charge in [-0.25, -0.2) is 0 Å². The largest absolute Gasteiger partial charge is 0.374 e. The molecule has 11 heavy (non-hydrogen) atoms. The fourth-order valence-corrected chi connectivity index (χ4v) is 0.701. The molecule has 4 nitrogen and oxygen atoms in total. The summed E-state index contributed by atoms with van der Waals surface area (Å²) in [6.07, 6.45) is 0.823. The Hall–Kier alpha value is -1.34. The zero-order chi connectivity index (χ0) is 8.27. The lowest BCUT2D eigenvalue weighted by atomic mass is 10.3. The second kappa shape index (κ2) is 3.17. The van der Waals surface area contributed by atoms with E-state index in [1.165, 1.54) is 4.68 Å². The first kappa shape index (κ1) is 7.76. The van der Waals surface area contributed by atoms with Gasteiger partial charge in [0.15, 0.2) is 6.10 Å². The zero-order valence-electron chi connectivity index (χ0n) is 6.44. The number of hydrogen-bond donors (Lipinski definition) is 1. The maximum Gasteiger partial charge on any atom is 0.160 e. The van der Waals surface area contributed by atoms with Crippen molar-refractivity contribution in [3.63, 3.8) is 0 Å². The molecule has 0 aliphatic carbocycles. The molecule has 0 saturated carbocycles. The molecule has 0 spiro atoms. The zero-order valence-corrected chi connectivity index (χ0v) is 6.44. The van der Waals surface area contributed by atoms with Crippen LogP contribution in [0.25, 0.3) is 0 Å². The minimum absolute atomic E-state index is 0.488. The highest BCUT2D eigenvalue weighted by Gasteiger charge is 2.06. The van der Waals surface area contributed by atoms with Gasteiger partial charge in [0.05, 0.1) is 6.20 Å². The smallest absolute Gasteiger partial charge is 0.160 e. The maximum atomic E-state index is 9.24. The third-order valence-electron chi connectivity index (χ3n) is 1.18. The number of hydrogen-bond acceptors (Lipinski definition) is 3. The Morgan fingerprint density at radius 1 is 1.73 bits per heavy atom. The SMILES string of the molecule is CC#CC(O)c1cn(C)nn1. The van der Waals surface area contributed by atoms with Crippen LogP contribution in [0.15, 0.2) is 6.20 Å². The van der Waals surface area contributed by atoms with Crippen molar-refractivity contribution in [2.45, 2.75) is 13.0 Å². The Kier molecular flexibility index (Phi) is 2.24. The summed E-state index contributed by atoms with van der Waals surface area (Å²) in [6.45, 7) is 1.67. The van der Waals surface area contributed by atoms with Crippen LogP contribution in [0.1, 0.15) is 18.7 Å². The fourth-order valence-electron chi connectivity index (χ4n) is 0.701. The van der Waals surface area contributed by atoms with Crippen LogP contribution < -0.4 is 0 Å². The summed E-state index contributed by atoms with van der Waals surface area (Å²) >= 11 is 0. The van der Waals surface area contributed by atoms with Gasteiger partial charge in [-0.3, -0.25) is 4.68 Å². The molecule has 1 aromatic heterocycles. The lowest BCUT2D eigenvalue weighted by Crippen LogP contribution is -1.93. The number of aryl methyl sites for hydroxylation is 1. The van der Waals surface area contributed by atoms with Crippen LogP contribution in [0.4, 0.5) is 0 Å². The average molecular weight is 151 g/mol. The van der Waals surface area contributed by atoms with Gasteiger partial charge in [0.2, 0.25) is 0 Å². The van der Waals surface area contributed by atoms with Gasteiger partial charge in [-0.2, -0.15) is 0 Å². The van der Waals surface area contributed by atoms with Gasteiger partial charge < -0.3 is 5.11 Å². The Balaban J connectivity index is 2.81. The van der Waals surface area contributed by atoms with Crippen LogP contribution in [0.2, 0.25) is 0 Å². The Bertz CT molecular complexity index is 294. The summed E-state index contributed by atoms with van der Waals surface area (Å²) in [7, 11) is 1.74. The van der Waals surface area contributed by atoms with E-state index in [1.54, 1.807) is 20.2 Å². The van der Waals surface area contributed by atoms with Gasteiger partial charge in [0, 0.05) is 7.05 Å². The van der Waals surface area contributed by atoms with Gasteiger partial charge >= 0.3 is 0 Å². The fraction of sp³-hybridized carbons (Fsp3) is 0.429. The molecule has 4 heteroatoms. The van der Waals surface area contributed by atoms with Crippen molar-refractivity contribution in [3.8, 4) is 11.8 Å². The van der Waals surface area contributed by atoms with E-state index in [0.717, 1.165) is 0 Å². The van der Waals surface area contributed by atoms with E-state index in [-0.39, 0.29) is 0 Å². The molecule has 0 amide bonds. The minimum Gasteiger partial charge on any atom is -0.374 e. The second-order valence-corrected chi connectivity index (χ2v) is 2.11. The van der Waals surface area contributed by atoms with E-state index in [4.69, 9.17) is 0 Å². The van der Waals surface area contributed by atoms with Crippen molar-refractivity contribution >= 4 is 0 Å². The van der Waals surface area contributed by atoms with Crippen molar-refractivity contribution < 1.29 is 5.11 Å². The van der Waals surface area contributed by atoms with Crippen LogP contribution in [-0.2, 0) is 7.05 Å². The first-order chi connectivity index (χ1) is 5.24. The van der Waals surface area contributed by atoms with Gasteiger partial charge in [-0.1, -0.05) is 11.1 Å². The van der Waals surface area contributed by atoms with Crippen molar-refractivity contribution in [3.05, 3.63) is 11.9 Å². The van der Waals surface area contributed by atoms with E-state index in [2.05, 4.69) is 22.2 Å². The molecule has 0 fully saturated rings. The summed E-state index contributed by atoms with van der Waals surface area (Å²) in [5.41, 5.74) is 0.488. The lowest BCUT2D eigenvalue weighted by molar-refractivity contribution is 0.233. The summed E-state index contributed by atoms with van der Waals surface area (Å²) in [4.78, 5) is 0. The Morgan fingerprint density at radius 3 is 2.91 bits per heavy atom. The normalized spacial score (nSPS) is 11.9. The van der Waals surface area contributed by atoms with Crippen LogP contribution in [0.3, 0.4) is 0 Å². The quantitative estimate of drug-likeness (QED) is 0.569. The van der Waals surface area contributed by atoms with Gasteiger partial charge in [0.25, 0.3) is 0 Å². The Labute approximate surface area is 64.8 Å². The molecule has 0 aromatic carbocycles. The highest BCUT2D eigenvalue weighted by Crippen LogP contribution is 2.05. The molecule has 0 aliphatic rings. The second-order valence-electron chi connectivity index (χ2n) is 2.11. The van der Waals surface area contributed by atoms with E-state index in [0.29, 0.717) is 5.69 Å². The number of aliphatic hydroxyl groups is 1. The van der Waals surface area contributed by atoms with Gasteiger partial charge in [0.1, 0.15) is 5.69 Å². The molecule has 1 rings (SSSR count). The molecule has 0 bridgehead atoms. The lowest BCUT2D eigenvalue weighted by Gasteiger charge is -1.93. The predicted octanol–water partition coefficient (Wildman–Crippen LogP) is -0.128. The van der Waals surface area contributed by atoms with Crippen molar-refractivity contribution in [1.29, 1.82) is 0 Å². The first-order valence-electron chi connectivity index (χ1n) is 3.20. The standard InChI is InChI=1S/C7H9N3O/c1-3-4-7(11)6-5-10(2)9-8-6/h5,7,11H,1-2H3. The number of aliphatic hydroxyl groups excluding tert-OH is 1. The average Bonchev–Trinajstić information content (AvgIpc) is 2.36. The van der Waals surface area contributed by atoms with E-state index in [1.807, 2.05) is 0 Å². The number of nitrogens with zero attached hydrogens (tertiary/aromatic N) is 3. The van der Waals surface area contributed by atoms with Crippen molar-refractivity contribution in [2.24, 2.45) is 7.05 Å². The van der Waals surface area contributed by atoms with Gasteiger partial charge in [-0.15, -0.1) is 11.0 Å². The highest BCUT2D eigenvalue weighted by atomic mass is 16.3. The molecule has 1 heterocycles. The van der Waals surface area contributed by atoms with Crippen LogP contribution in [0, 0.1) is 11.8 Å². The summed E-state index contributed by atoms with van der Waals surface area (Å²) < 4.78 is 1.52.